The highest BCUT2D eigenvalue weighted by atomic mass is 16.2. The van der Waals surface area contributed by atoms with Crippen LogP contribution < -0.4 is 5.32 Å². The predicted molar refractivity (Wildman–Crippen MR) is 80.4 cm³/mol. The molecular weight excluding hydrogens is 284 g/mol. The molecule has 3 amide bonds. The molecule has 1 fully saturated rings. The summed E-state index contributed by atoms with van der Waals surface area (Å²) in [6, 6.07) is 4.83. The fourth-order valence-electron chi connectivity index (χ4n) is 2.21. The summed E-state index contributed by atoms with van der Waals surface area (Å²) in [5.41, 5.74) is 0.474. The second-order valence-electron chi connectivity index (χ2n) is 5.47. The molecule has 0 atom stereocenters. The Morgan fingerprint density at radius 2 is 1.82 bits per heavy atom. The Bertz CT molecular complexity index is 566. The highest BCUT2D eigenvalue weighted by molar-refractivity contribution is 5.96. The van der Waals surface area contributed by atoms with Crippen molar-refractivity contribution in [1.29, 1.82) is 0 Å². The summed E-state index contributed by atoms with van der Waals surface area (Å²) < 4.78 is 0. The Morgan fingerprint density at radius 1 is 1.18 bits per heavy atom. The van der Waals surface area contributed by atoms with Crippen LogP contribution in [0, 0.1) is 0 Å². The fourth-order valence-corrected chi connectivity index (χ4v) is 2.21. The lowest BCUT2D eigenvalue weighted by atomic mass is 10.2. The van der Waals surface area contributed by atoms with E-state index in [1.165, 1.54) is 0 Å². The smallest absolute Gasteiger partial charge is 0.272 e. The normalized spacial score (nSPS) is 14.9. The third-order valence-electron chi connectivity index (χ3n) is 3.37. The quantitative estimate of drug-likeness (QED) is 0.802. The number of hydrogen-bond donors (Lipinski definition) is 1. The summed E-state index contributed by atoms with van der Waals surface area (Å²) in [7, 11) is 0. The summed E-state index contributed by atoms with van der Waals surface area (Å²) in [6.07, 6.45) is 0.789. The van der Waals surface area contributed by atoms with Gasteiger partial charge in [-0.1, -0.05) is 6.07 Å². The standard InChI is InChI=1S/C15H20N4O3/c1-11(2)16-14(21)12-4-3-5-13(17-12)15(22)19-8-6-18(10-20)7-9-19/h3-5,10-11H,6-9H2,1-2H3,(H,16,21). The molecule has 1 aliphatic rings. The monoisotopic (exact) mass is 304 g/mol. The molecule has 0 aromatic carbocycles. The number of hydrogen-bond acceptors (Lipinski definition) is 4. The Kier molecular flexibility index (Phi) is 5.08. The first-order valence-corrected chi connectivity index (χ1v) is 7.28. The minimum atomic E-state index is -0.296. The van der Waals surface area contributed by atoms with Crippen LogP contribution in [0.4, 0.5) is 0 Å². The zero-order valence-corrected chi connectivity index (χ0v) is 12.8. The molecule has 2 rings (SSSR count). The first kappa shape index (κ1) is 15.9. The number of nitrogens with zero attached hydrogens (tertiary/aromatic N) is 3. The number of piperazine rings is 1. The zero-order valence-electron chi connectivity index (χ0n) is 12.8. The van der Waals surface area contributed by atoms with E-state index in [4.69, 9.17) is 0 Å². The highest BCUT2D eigenvalue weighted by Crippen LogP contribution is 2.07. The number of carbonyl (C=O) groups is 3. The van der Waals surface area contributed by atoms with Gasteiger partial charge in [-0.15, -0.1) is 0 Å². The van der Waals surface area contributed by atoms with Crippen LogP contribution in [-0.2, 0) is 4.79 Å². The summed E-state index contributed by atoms with van der Waals surface area (Å²) in [6.45, 7) is 5.70. The van der Waals surface area contributed by atoms with Crippen molar-refractivity contribution in [3.05, 3.63) is 29.6 Å². The molecule has 0 unspecified atom stereocenters. The van der Waals surface area contributed by atoms with E-state index in [0.717, 1.165) is 6.41 Å². The lowest BCUT2D eigenvalue weighted by molar-refractivity contribution is -0.119. The average Bonchev–Trinajstić information content (AvgIpc) is 2.54. The molecule has 1 aromatic rings. The van der Waals surface area contributed by atoms with Gasteiger partial charge in [0.25, 0.3) is 11.8 Å². The van der Waals surface area contributed by atoms with Crippen molar-refractivity contribution in [1.82, 2.24) is 20.1 Å². The number of aromatic nitrogens is 1. The van der Waals surface area contributed by atoms with E-state index in [2.05, 4.69) is 10.3 Å². The van der Waals surface area contributed by atoms with Gasteiger partial charge < -0.3 is 15.1 Å². The van der Waals surface area contributed by atoms with Crippen LogP contribution in [0.2, 0.25) is 0 Å². The molecule has 0 aliphatic carbocycles. The van der Waals surface area contributed by atoms with E-state index in [-0.39, 0.29) is 29.2 Å². The number of rotatable bonds is 4. The van der Waals surface area contributed by atoms with Gasteiger partial charge in [0.2, 0.25) is 6.41 Å². The first-order chi connectivity index (χ1) is 10.5. The van der Waals surface area contributed by atoms with Crippen molar-refractivity contribution in [2.24, 2.45) is 0 Å². The van der Waals surface area contributed by atoms with Gasteiger partial charge in [-0.2, -0.15) is 0 Å². The van der Waals surface area contributed by atoms with E-state index in [0.29, 0.717) is 26.2 Å². The van der Waals surface area contributed by atoms with Gasteiger partial charge in [0.1, 0.15) is 11.4 Å². The van der Waals surface area contributed by atoms with Crippen LogP contribution in [0.15, 0.2) is 18.2 Å². The van der Waals surface area contributed by atoms with Gasteiger partial charge >= 0.3 is 0 Å². The Balaban J connectivity index is 2.07. The maximum atomic E-state index is 12.4. The molecule has 7 heteroatoms. The maximum absolute atomic E-state index is 12.4. The predicted octanol–water partition coefficient (Wildman–Crippen LogP) is 0.134. The lowest BCUT2D eigenvalue weighted by Crippen LogP contribution is -2.48. The summed E-state index contributed by atoms with van der Waals surface area (Å²) in [5, 5.41) is 2.75. The minimum absolute atomic E-state index is 0.00470. The summed E-state index contributed by atoms with van der Waals surface area (Å²) in [4.78, 5) is 42.5. The Hall–Kier alpha value is -2.44. The zero-order chi connectivity index (χ0) is 16.1. The molecule has 0 bridgehead atoms. The Labute approximate surface area is 129 Å². The summed E-state index contributed by atoms with van der Waals surface area (Å²) in [5.74, 6) is -0.514. The van der Waals surface area contributed by atoms with E-state index >= 15 is 0 Å². The molecule has 1 N–H and O–H groups in total. The SMILES string of the molecule is CC(C)NC(=O)c1cccc(C(=O)N2CCN(C=O)CC2)n1. The van der Waals surface area contributed by atoms with E-state index in [1.54, 1.807) is 28.0 Å². The van der Waals surface area contributed by atoms with Crippen LogP contribution in [0.5, 0.6) is 0 Å². The maximum Gasteiger partial charge on any atom is 0.272 e. The van der Waals surface area contributed by atoms with E-state index in [9.17, 15) is 14.4 Å². The van der Waals surface area contributed by atoms with Gasteiger partial charge in [-0.25, -0.2) is 4.98 Å². The Morgan fingerprint density at radius 3 is 2.41 bits per heavy atom. The second kappa shape index (κ2) is 7.02. The van der Waals surface area contributed by atoms with Crippen LogP contribution >= 0.6 is 0 Å². The third-order valence-corrected chi connectivity index (χ3v) is 3.37. The lowest BCUT2D eigenvalue weighted by Gasteiger charge is -2.32. The van der Waals surface area contributed by atoms with Crippen molar-refractivity contribution >= 4 is 18.2 Å². The van der Waals surface area contributed by atoms with Crippen molar-refractivity contribution < 1.29 is 14.4 Å². The molecule has 0 saturated carbocycles. The van der Waals surface area contributed by atoms with Crippen LogP contribution in [0.3, 0.4) is 0 Å². The van der Waals surface area contributed by atoms with Gasteiger partial charge in [0, 0.05) is 32.2 Å². The molecule has 118 valence electrons. The van der Waals surface area contributed by atoms with E-state index in [1.807, 2.05) is 13.8 Å². The largest absolute Gasteiger partial charge is 0.349 e. The first-order valence-electron chi connectivity index (χ1n) is 7.28. The second-order valence-corrected chi connectivity index (χ2v) is 5.47. The molecule has 2 heterocycles. The van der Waals surface area contributed by atoms with E-state index < -0.39 is 0 Å². The fraction of sp³-hybridized carbons (Fsp3) is 0.467. The molecule has 1 aliphatic heterocycles. The third kappa shape index (κ3) is 3.81. The number of carbonyl (C=O) groups excluding carboxylic acids is 3. The molecule has 0 radical (unpaired) electrons. The highest BCUT2D eigenvalue weighted by Gasteiger charge is 2.23. The number of amides is 3. The number of pyridine rings is 1. The van der Waals surface area contributed by atoms with Crippen molar-refractivity contribution in [2.45, 2.75) is 19.9 Å². The van der Waals surface area contributed by atoms with Gasteiger partial charge in [0.15, 0.2) is 0 Å². The minimum Gasteiger partial charge on any atom is -0.349 e. The molecule has 1 saturated heterocycles. The summed E-state index contributed by atoms with van der Waals surface area (Å²) >= 11 is 0. The molecule has 0 spiro atoms. The average molecular weight is 304 g/mol. The van der Waals surface area contributed by atoms with Crippen molar-refractivity contribution in [2.75, 3.05) is 26.2 Å². The van der Waals surface area contributed by atoms with Gasteiger partial charge in [-0.05, 0) is 26.0 Å². The topological polar surface area (TPSA) is 82.6 Å². The van der Waals surface area contributed by atoms with Crippen LogP contribution in [0.25, 0.3) is 0 Å². The van der Waals surface area contributed by atoms with Crippen LogP contribution in [0.1, 0.15) is 34.8 Å². The van der Waals surface area contributed by atoms with Crippen molar-refractivity contribution in [3.8, 4) is 0 Å². The number of nitrogens with one attached hydrogen (secondary N) is 1. The molecule has 1 aromatic heterocycles. The van der Waals surface area contributed by atoms with Gasteiger partial charge in [-0.3, -0.25) is 14.4 Å². The van der Waals surface area contributed by atoms with Crippen molar-refractivity contribution in [3.63, 3.8) is 0 Å². The molecular formula is C15H20N4O3. The molecule has 7 nitrogen and oxygen atoms in total. The van der Waals surface area contributed by atoms with Crippen LogP contribution in [-0.4, -0.2) is 65.2 Å². The van der Waals surface area contributed by atoms with Gasteiger partial charge in [0.05, 0.1) is 0 Å². The molecule has 22 heavy (non-hydrogen) atoms.